The molecule has 13 heavy (non-hydrogen) atoms. The molecule has 0 fully saturated rings. The average molecular weight is 178 g/mol. The molecule has 0 saturated carbocycles. The van der Waals surface area contributed by atoms with Crippen LogP contribution in [0.25, 0.3) is 0 Å². The van der Waals surface area contributed by atoms with Crippen LogP contribution < -0.4 is 0 Å². The van der Waals surface area contributed by atoms with Crippen LogP contribution in [0.4, 0.5) is 0 Å². The van der Waals surface area contributed by atoms with Crippen molar-refractivity contribution in [2.24, 2.45) is 0 Å². The summed E-state index contributed by atoms with van der Waals surface area (Å²) in [4.78, 5) is 21.6. The lowest BCUT2D eigenvalue weighted by Gasteiger charge is -2.00. The normalized spacial score (nSPS) is 9.62. The number of aldehydes is 1. The molecule has 0 bridgehead atoms. The second-order valence-corrected chi connectivity index (χ2v) is 2.71. The zero-order valence-corrected chi connectivity index (χ0v) is 7.28. The molecule has 0 heterocycles. The highest BCUT2D eigenvalue weighted by Crippen LogP contribution is 2.15. The molecule has 3 nitrogen and oxygen atoms in total. The molecule has 0 radical (unpaired) electrons. The number of rotatable bonds is 3. The Morgan fingerprint density at radius 2 is 2.15 bits per heavy atom. The van der Waals surface area contributed by atoms with Gasteiger partial charge in [-0.1, -0.05) is 6.92 Å². The summed E-state index contributed by atoms with van der Waals surface area (Å²) >= 11 is 0. The third-order valence-electron chi connectivity index (χ3n) is 1.72. The minimum Gasteiger partial charge on any atom is -0.508 e. The van der Waals surface area contributed by atoms with E-state index >= 15 is 0 Å². The van der Waals surface area contributed by atoms with E-state index in [9.17, 15) is 9.59 Å². The summed E-state index contributed by atoms with van der Waals surface area (Å²) in [5, 5.41) is 9.16. The number of carbonyl (C=O) groups is 2. The van der Waals surface area contributed by atoms with Crippen LogP contribution in [-0.4, -0.2) is 17.2 Å². The highest BCUT2D eigenvalue weighted by atomic mass is 16.3. The summed E-state index contributed by atoms with van der Waals surface area (Å²) in [6, 6.07) is 4.15. The topological polar surface area (TPSA) is 54.4 Å². The highest BCUT2D eigenvalue weighted by Gasteiger charge is 2.05. The molecule has 1 aromatic rings. The van der Waals surface area contributed by atoms with Crippen molar-refractivity contribution in [2.75, 3.05) is 0 Å². The smallest absolute Gasteiger partial charge is 0.162 e. The van der Waals surface area contributed by atoms with E-state index in [1.54, 1.807) is 6.92 Å². The summed E-state index contributed by atoms with van der Waals surface area (Å²) in [5.41, 5.74) is 0.696. The number of hydrogen-bond donors (Lipinski definition) is 1. The van der Waals surface area contributed by atoms with Crippen LogP contribution in [-0.2, 0) is 0 Å². The van der Waals surface area contributed by atoms with Crippen LogP contribution in [0.15, 0.2) is 18.2 Å². The van der Waals surface area contributed by atoms with Gasteiger partial charge in [-0.15, -0.1) is 0 Å². The van der Waals surface area contributed by atoms with Crippen molar-refractivity contribution in [2.45, 2.75) is 13.3 Å². The van der Waals surface area contributed by atoms with Crippen molar-refractivity contribution in [3.63, 3.8) is 0 Å². The van der Waals surface area contributed by atoms with Gasteiger partial charge in [0.05, 0.1) is 0 Å². The largest absolute Gasteiger partial charge is 0.508 e. The van der Waals surface area contributed by atoms with E-state index in [-0.39, 0.29) is 11.5 Å². The number of benzene rings is 1. The first-order valence-electron chi connectivity index (χ1n) is 3.99. The molecule has 68 valence electrons. The zero-order valence-electron chi connectivity index (χ0n) is 7.28. The molecule has 0 amide bonds. The predicted octanol–water partition coefficient (Wildman–Crippen LogP) is 1.80. The van der Waals surface area contributed by atoms with Crippen LogP contribution in [0, 0.1) is 0 Å². The van der Waals surface area contributed by atoms with Crippen molar-refractivity contribution < 1.29 is 14.7 Å². The van der Waals surface area contributed by atoms with Gasteiger partial charge in [0.2, 0.25) is 0 Å². The Kier molecular flexibility index (Phi) is 2.80. The molecule has 1 N–H and O–H groups in total. The van der Waals surface area contributed by atoms with Crippen molar-refractivity contribution in [1.29, 1.82) is 0 Å². The monoisotopic (exact) mass is 178 g/mol. The molecular weight excluding hydrogens is 168 g/mol. The average Bonchev–Trinajstić information content (AvgIpc) is 2.15. The van der Waals surface area contributed by atoms with E-state index in [4.69, 9.17) is 5.11 Å². The third-order valence-corrected chi connectivity index (χ3v) is 1.72. The second-order valence-electron chi connectivity index (χ2n) is 2.71. The number of aromatic hydroxyl groups is 1. The maximum Gasteiger partial charge on any atom is 0.162 e. The number of hydrogen-bond acceptors (Lipinski definition) is 3. The fourth-order valence-electron chi connectivity index (χ4n) is 1.07. The third kappa shape index (κ3) is 2.15. The molecule has 0 saturated heterocycles. The Hall–Kier alpha value is -1.64. The lowest BCUT2D eigenvalue weighted by Crippen LogP contribution is -1.97. The first-order chi connectivity index (χ1) is 6.17. The summed E-state index contributed by atoms with van der Waals surface area (Å²) in [5.74, 6) is -0.139. The maximum atomic E-state index is 11.2. The van der Waals surface area contributed by atoms with Gasteiger partial charge < -0.3 is 5.11 Å². The Labute approximate surface area is 76.0 Å². The van der Waals surface area contributed by atoms with E-state index in [1.165, 1.54) is 18.2 Å². The van der Waals surface area contributed by atoms with Gasteiger partial charge in [0.25, 0.3) is 0 Å². The number of phenolic OH excluding ortho intramolecular Hbond substituents is 1. The van der Waals surface area contributed by atoms with Gasteiger partial charge in [-0.2, -0.15) is 0 Å². The van der Waals surface area contributed by atoms with E-state index in [0.717, 1.165) is 0 Å². The molecule has 0 aliphatic heterocycles. The molecule has 0 atom stereocenters. The SMILES string of the molecule is CCC(=O)c1cc(O)cc(C=O)c1. The Morgan fingerprint density at radius 1 is 1.46 bits per heavy atom. The van der Waals surface area contributed by atoms with E-state index < -0.39 is 0 Å². The minimum absolute atomic E-state index is 0.0543. The lowest BCUT2D eigenvalue weighted by molar-refractivity contribution is 0.0988. The Bertz CT molecular complexity index is 342. The number of Topliss-reactive ketones (excluding diaryl/α,β-unsaturated/α-hetero) is 1. The standard InChI is InChI=1S/C10H10O3/c1-2-10(13)8-3-7(6-11)4-9(12)5-8/h3-6,12H,2H2,1H3. The molecule has 1 rings (SSSR count). The van der Waals surface area contributed by atoms with Gasteiger partial charge in [-0.05, 0) is 18.2 Å². The number of phenols is 1. The van der Waals surface area contributed by atoms with Gasteiger partial charge in [-0.25, -0.2) is 0 Å². The summed E-state index contributed by atoms with van der Waals surface area (Å²) < 4.78 is 0. The minimum atomic E-state index is -0.0843. The first-order valence-corrected chi connectivity index (χ1v) is 3.99. The first kappa shape index (κ1) is 9.45. The van der Waals surface area contributed by atoms with Gasteiger partial charge in [0, 0.05) is 17.5 Å². The van der Waals surface area contributed by atoms with Gasteiger partial charge in [0.15, 0.2) is 5.78 Å². The highest BCUT2D eigenvalue weighted by molar-refractivity contribution is 5.97. The van der Waals surface area contributed by atoms with E-state index in [1.807, 2.05) is 0 Å². The van der Waals surface area contributed by atoms with Crippen LogP contribution in [0.1, 0.15) is 34.1 Å². The maximum absolute atomic E-state index is 11.2. The van der Waals surface area contributed by atoms with Crippen LogP contribution >= 0.6 is 0 Å². The lowest BCUT2D eigenvalue weighted by atomic mass is 10.1. The summed E-state index contributed by atoms with van der Waals surface area (Å²) in [6.07, 6.45) is 0.966. The molecule has 0 spiro atoms. The van der Waals surface area contributed by atoms with Crippen molar-refractivity contribution >= 4 is 12.1 Å². The molecule has 1 aromatic carbocycles. The predicted molar refractivity (Wildman–Crippen MR) is 48.1 cm³/mol. The fraction of sp³-hybridized carbons (Fsp3) is 0.200. The molecule has 3 heteroatoms. The van der Waals surface area contributed by atoms with Crippen LogP contribution in [0.3, 0.4) is 0 Å². The number of ketones is 1. The Morgan fingerprint density at radius 3 is 2.69 bits per heavy atom. The van der Waals surface area contributed by atoms with Gasteiger partial charge >= 0.3 is 0 Å². The van der Waals surface area contributed by atoms with Crippen LogP contribution in [0.5, 0.6) is 5.75 Å². The van der Waals surface area contributed by atoms with Crippen molar-refractivity contribution in [3.05, 3.63) is 29.3 Å². The molecule has 0 aromatic heterocycles. The van der Waals surface area contributed by atoms with Crippen molar-refractivity contribution in [1.82, 2.24) is 0 Å². The molecule has 0 aliphatic rings. The zero-order chi connectivity index (χ0) is 9.84. The summed E-state index contributed by atoms with van der Waals surface area (Å²) in [6.45, 7) is 1.73. The van der Waals surface area contributed by atoms with E-state index in [0.29, 0.717) is 23.8 Å². The number of carbonyl (C=O) groups excluding carboxylic acids is 2. The second kappa shape index (κ2) is 3.85. The fourth-order valence-corrected chi connectivity index (χ4v) is 1.07. The van der Waals surface area contributed by atoms with Crippen LogP contribution in [0.2, 0.25) is 0 Å². The molecular formula is C10H10O3. The van der Waals surface area contributed by atoms with Gasteiger partial charge in [0.1, 0.15) is 12.0 Å². The molecule has 0 aliphatic carbocycles. The van der Waals surface area contributed by atoms with Crippen molar-refractivity contribution in [3.8, 4) is 5.75 Å². The van der Waals surface area contributed by atoms with Gasteiger partial charge in [-0.3, -0.25) is 9.59 Å². The Balaban J connectivity index is 3.15. The van der Waals surface area contributed by atoms with E-state index in [2.05, 4.69) is 0 Å². The summed E-state index contributed by atoms with van der Waals surface area (Å²) in [7, 11) is 0. The quantitative estimate of drug-likeness (QED) is 0.567. The molecule has 0 unspecified atom stereocenters.